The standard InChI is InChI=1S/C25H20N6O2/c26-24-22-25(28-11-27-24)31(12-29-22)17-10-18(32)20-21(30-33-23(17)20)19-15-7-3-1-5-13(15)9-14-6-2-4-8-16(14)19/h1-9,11-12,17-18,20,23,32H,10H2,(H2,26,27,28)/t17-,18+,20+,23+/m1/s1. The van der Waals surface area contributed by atoms with Crippen LogP contribution < -0.4 is 5.73 Å². The summed E-state index contributed by atoms with van der Waals surface area (Å²) in [6.45, 7) is 0. The number of nitrogens with zero attached hydrogens (tertiary/aromatic N) is 5. The molecule has 8 heteroatoms. The van der Waals surface area contributed by atoms with E-state index in [1.165, 1.54) is 6.33 Å². The Balaban J connectivity index is 1.37. The summed E-state index contributed by atoms with van der Waals surface area (Å²) in [5.74, 6) is 0.0706. The average Bonchev–Trinajstić information content (AvgIpc) is 3.53. The van der Waals surface area contributed by atoms with Gasteiger partial charge < -0.3 is 20.2 Å². The number of imidazole rings is 1. The third-order valence-electron chi connectivity index (χ3n) is 6.99. The predicted molar refractivity (Wildman–Crippen MR) is 126 cm³/mol. The molecule has 1 fully saturated rings. The summed E-state index contributed by atoms with van der Waals surface area (Å²) in [6.07, 6.45) is 2.69. The molecule has 0 radical (unpaired) electrons. The van der Waals surface area contributed by atoms with Crippen LogP contribution in [0.3, 0.4) is 0 Å². The molecule has 1 aliphatic carbocycles. The van der Waals surface area contributed by atoms with E-state index in [1.54, 1.807) is 6.33 Å². The summed E-state index contributed by atoms with van der Waals surface area (Å²) in [5, 5.41) is 20.3. The number of aliphatic hydroxyl groups is 1. The highest BCUT2D eigenvalue weighted by Crippen LogP contribution is 2.45. The van der Waals surface area contributed by atoms with Crippen molar-refractivity contribution >= 4 is 44.2 Å². The van der Waals surface area contributed by atoms with E-state index in [0.717, 1.165) is 32.8 Å². The molecule has 2 aromatic heterocycles. The van der Waals surface area contributed by atoms with Gasteiger partial charge in [0.15, 0.2) is 17.6 Å². The number of nitrogen functional groups attached to an aromatic ring is 1. The van der Waals surface area contributed by atoms with Crippen molar-refractivity contribution in [1.82, 2.24) is 19.5 Å². The maximum atomic E-state index is 11.2. The van der Waals surface area contributed by atoms with Gasteiger partial charge in [0.25, 0.3) is 0 Å². The number of fused-ring (bicyclic) bond motifs is 4. The smallest absolute Gasteiger partial charge is 0.165 e. The summed E-state index contributed by atoms with van der Waals surface area (Å²) in [7, 11) is 0. The van der Waals surface area contributed by atoms with Gasteiger partial charge in [-0.25, -0.2) is 15.0 Å². The lowest BCUT2D eigenvalue weighted by molar-refractivity contribution is 0.0380. The van der Waals surface area contributed by atoms with E-state index in [9.17, 15) is 5.11 Å². The molecule has 5 aromatic rings. The van der Waals surface area contributed by atoms with Crippen molar-refractivity contribution in [2.24, 2.45) is 11.1 Å². The van der Waals surface area contributed by atoms with E-state index in [2.05, 4.69) is 50.4 Å². The minimum Gasteiger partial charge on any atom is -0.392 e. The normalized spacial score (nSPS) is 24.3. The predicted octanol–water partition coefficient (Wildman–Crippen LogP) is 3.44. The summed E-state index contributed by atoms with van der Waals surface area (Å²) in [4.78, 5) is 18.8. The van der Waals surface area contributed by atoms with Crippen molar-refractivity contribution in [3.8, 4) is 0 Å². The topological polar surface area (TPSA) is 111 Å². The van der Waals surface area contributed by atoms with Gasteiger partial charge in [-0.1, -0.05) is 53.7 Å². The van der Waals surface area contributed by atoms with Crippen LogP contribution in [0.15, 0.2) is 72.4 Å². The van der Waals surface area contributed by atoms with Crippen LogP contribution in [0.2, 0.25) is 0 Å². The second-order valence-corrected chi connectivity index (χ2v) is 8.72. The second-order valence-electron chi connectivity index (χ2n) is 8.72. The van der Waals surface area contributed by atoms with Crippen LogP contribution in [0.25, 0.3) is 32.7 Å². The van der Waals surface area contributed by atoms with Crippen LogP contribution in [0.1, 0.15) is 18.0 Å². The van der Waals surface area contributed by atoms with Crippen LogP contribution in [0, 0.1) is 5.92 Å². The van der Waals surface area contributed by atoms with Gasteiger partial charge >= 0.3 is 0 Å². The third kappa shape index (κ3) is 2.55. The molecule has 2 aliphatic rings. The number of rotatable bonds is 2. The maximum absolute atomic E-state index is 11.2. The van der Waals surface area contributed by atoms with E-state index < -0.39 is 6.10 Å². The molecule has 0 spiro atoms. The van der Waals surface area contributed by atoms with E-state index in [0.29, 0.717) is 23.4 Å². The number of hydrogen-bond donors (Lipinski definition) is 2. The van der Waals surface area contributed by atoms with Crippen molar-refractivity contribution in [1.29, 1.82) is 0 Å². The molecule has 0 amide bonds. The Morgan fingerprint density at radius 2 is 1.70 bits per heavy atom. The van der Waals surface area contributed by atoms with Gasteiger partial charge in [0.05, 0.1) is 30.1 Å². The molecule has 3 N–H and O–H groups in total. The van der Waals surface area contributed by atoms with E-state index in [-0.39, 0.29) is 18.1 Å². The van der Waals surface area contributed by atoms with Crippen LogP contribution in [-0.4, -0.2) is 42.5 Å². The molecule has 3 heterocycles. The first-order valence-electron chi connectivity index (χ1n) is 11.0. The fraction of sp³-hybridized carbons (Fsp3) is 0.200. The zero-order valence-corrected chi connectivity index (χ0v) is 17.5. The minimum absolute atomic E-state index is 0.174. The molecule has 162 valence electrons. The van der Waals surface area contributed by atoms with Gasteiger partial charge in [-0.2, -0.15) is 0 Å². The van der Waals surface area contributed by atoms with Gasteiger partial charge in [-0.3, -0.25) is 0 Å². The number of hydrogen-bond acceptors (Lipinski definition) is 7. The molecular weight excluding hydrogens is 416 g/mol. The van der Waals surface area contributed by atoms with Gasteiger partial charge in [0.2, 0.25) is 0 Å². The minimum atomic E-state index is -0.615. The molecule has 0 bridgehead atoms. The van der Waals surface area contributed by atoms with Crippen molar-refractivity contribution in [2.45, 2.75) is 24.7 Å². The number of aliphatic hydroxyl groups excluding tert-OH is 1. The first-order chi connectivity index (χ1) is 16.2. The highest BCUT2D eigenvalue weighted by atomic mass is 16.6. The molecule has 3 aromatic carbocycles. The first kappa shape index (κ1) is 18.5. The van der Waals surface area contributed by atoms with Crippen molar-refractivity contribution < 1.29 is 9.94 Å². The van der Waals surface area contributed by atoms with Crippen LogP contribution in [0.5, 0.6) is 0 Å². The van der Waals surface area contributed by atoms with Crippen molar-refractivity contribution in [3.63, 3.8) is 0 Å². The number of oxime groups is 1. The van der Waals surface area contributed by atoms with Crippen LogP contribution in [-0.2, 0) is 4.84 Å². The average molecular weight is 436 g/mol. The van der Waals surface area contributed by atoms with Gasteiger partial charge in [0.1, 0.15) is 11.8 Å². The van der Waals surface area contributed by atoms with E-state index in [4.69, 9.17) is 10.6 Å². The lowest BCUT2D eigenvalue weighted by Gasteiger charge is -2.19. The Hall–Kier alpha value is -4.04. The summed E-state index contributed by atoms with van der Waals surface area (Å²) in [6, 6.07) is 18.6. The maximum Gasteiger partial charge on any atom is 0.165 e. The molecule has 0 saturated heterocycles. The summed E-state index contributed by atoms with van der Waals surface area (Å²) < 4.78 is 1.93. The van der Waals surface area contributed by atoms with Crippen molar-refractivity contribution in [3.05, 3.63) is 72.8 Å². The van der Waals surface area contributed by atoms with Crippen LogP contribution in [0.4, 0.5) is 5.82 Å². The zero-order valence-electron chi connectivity index (χ0n) is 17.5. The zero-order chi connectivity index (χ0) is 22.1. The SMILES string of the molecule is Nc1ncnc2c1ncn2[C@@H]1C[C@H](O)[C@H]2C(c3c4ccccc4cc4ccccc34)=NO[C@H]21. The Bertz CT molecular complexity index is 1540. The molecule has 0 unspecified atom stereocenters. The van der Waals surface area contributed by atoms with Crippen molar-refractivity contribution in [2.75, 3.05) is 5.73 Å². The summed E-state index contributed by atoms with van der Waals surface area (Å²) >= 11 is 0. The molecule has 7 rings (SSSR count). The molecule has 4 atom stereocenters. The monoisotopic (exact) mass is 436 g/mol. The van der Waals surface area contributed by atoms with E-state index in [1.807, 2.05) is 28.8 Å². The Labute approximate surface area is 188 Å². The van der Waals surface area contributed by atoms with Crippen LogP contribution >= 0.6 is 0 Å². The Kier molecular flexibility index (Phi) is 3.78. The van der Waals surface area contributed by atoms with E-state index >= 15 is 0 Å². The summed E-state index contributed by atoms with van der Waals surface area (Å²) in [5.41, 5.74) is 8.98. The molecule has 1 saturated carbocycles. The Morgan fingerprint density at radius 3 is 2.45 bits per heavy atom. The van der Waals surface area contributed by atoms with Gasteiger partial charge in [-0.05, 0) is 34.0 Å². The first-order valence-corrected chi connectivity index (χ1v) is 11.0. The molecule has 1 aliphatic heterocycles. The third-order valence-corrected chi connectivity index (χ3v) is 6.99. The lowest BCUT2D eigenvalue weighted by Crippen LogP contribution is -2.29. The highest BCUT2D eigenvalue weighted by Gasteiger charge is 2.52. The largest absolute Gasteiger partial charge is 0.392 e. The number of anilines is 1. The molecule has 33 heavy (non-hydrogen) atoms. The van der Waals surface area contributed by atoms with Gasteiger partial charge in [-0.15, -0.1) is 0 Å². The number of aromatic nitrogens is 4. The molecule has 8 nitrogen and oxygen atoms in total. The highest BCUT2D eigenvalue weighted by molar-refractivity contribution is 6.22. The second kappa shape index (κ2) is 6.73. The fourth-order valence-corrected chi connectivity index (χ4v) is 5.53. The fourth-order valence-electron chi connectivity index (χ4n) is 5.53. The lowest BCUT2D eigenvalue weighted by atomic mass is 9.86. The number of benzene rings is 3. The number of nitrogens with two attached hydrogens (primary N) is 1. The van der Waals surface area contributed by atoms with Gasteiger partial charge in [0, 0.05) is 5.56 Å². The Morgan fingerprint density at radius 1 is 0.970 bits per heavy atom. The quantitative estimate of drug-likeness (QED) is 0.410. The molecular formula is C25H20N6O2.